The Bertz CT molecular complexity index is 372. The molecule has 0 radical (unpaired) electrons. The summed E-state index contributed by atoms with van der Waals surface area (Å²) in [5.74, 6) is -1.03. The van der Waals surface area contributed by atoms with Gasteiger partial charge in [0.2, 0.25) is 0 Å². The Morgan fingerprint density at radius 1 is 0.905 bits per heavy atom. The Kier molecular flexibility index (Phi) is 9.60. The molecule has 0 spiro atoms. The second-order valence-electron chi connectivity index (χ2n) is 5.92. The summed E-state index contributed by atoms with van der Waals surface area (Å²) in [6.07, 6.45) is 12.2. The average Bonchev–Trinajstić information content (AvgIpc) is 2.50. The molecule has 0 bridgehead atoms. The molecule has 0 saturated heterocycles. The molecule has 2 nitrogen and oxygen atoms in total. The number of carboxylic acid groups (broad SMARTS) is 1. The second kappa shape index (κ2) is 11.4. The Balaban J connectivity index is 2.13. The molecular weight excluding hydrogens is 260 g/mol. The second-order valence-corrected chi connectivity index (χ2v) is 5.92. The van der Waals surface area contributed by atoms with Crippen LogP contribution < -0.4 is 0 Å². The van der Waals surface area contributed by atoms with Gasteiger partial charge in [-0.1, -0.05) is 95.0 Å². The van der Waals surface area contributed by atoms with Crippen LogP contribution in [0.2, 0.25) is 0 Å². The van der Waals surface area contributed by atoms with E-state index in [1.807, 2.05) is 30.3 Å². The highest BCUT2D eigenvalue weighted by molar-refractivity contribution is 5.75. The molecule has 1 aromatic rings. The highest BCUT2D eigenvalue weighted by Crippen LogP contribution is 2.23. The molecule has 0 aromatic heterocycles. The summed E-state index contributed by atoms with van der Waals surface area (Å²) >= 11 is 0. The fourth-order valence-electron chi connectivity index (χ4n) is 2.78. The highest BCUT2D eigenvalue weighted by atomic mass is 16.4. The maximum atomic E-state index is 11.4. The van der Waals surface area contributed by atoms with Crippen LogP contribution in [-0.4, -0.2) is 11.1 Å². The van der Waals surface area contributed by atoms with Gasteiger partial charge in [0.25, 0.3) is 0 Å². The van der Waals surface area contributed by atoms with E-state index in [0.29, 0.717) is 0 Å². The predicted octanol–water partition coefficient (Wildman–Crippen LogP) is 5.78. The Morgan fingerprint density at radius 3 is 1.95 bits per heavy atom. The van der Waals surface area contributed by atoms with Gasteiger partial charge in [-0.15, -0.1) is 0 Å². The van der Waals surface area contributed by atoms with Crippen LogP contribution in [0.5, 0.6) is 0 Å². The third-order valence-electron chi connectivity index (χ3n) is 4.10. The summed E-state index contributed by atoms with van der Waals surface area (Å²) in [5, 5.41) is 9.35. The molecule has 118 valence electrons. The molecule has 1 aromatic carbocycles. The van der Waals surface area contributed by atoms with Crippen LogP contribution in [0.3, 0.4) is 0 Å². The number of benzene rings is 1. The molecule has 0 aliphatic heterocycles. The number of carboxylic acids is 1. The average molecular weight is 290 g/mol. The molecule has 1 N–H and O–H groups in total. The maximum Gasteiger partial charge on any atom is 0.310 e. The van der Waals surface area contributed by atoms with Gasteiger partial charge in [0.1, 0.15) is 0 Å². The summed E-state index contributed by atoms with van der Waals surface area (Å²) in [5.41, 5.74) is 0.935. The number of hydrogen-bond acceptors (Lipinski definition) is 1. The minimum Gasteiger partial charge on any atom is -0.481 e. The fourth-order valence-corrected chi connectivity index (χ4v) is 2.78. The van der Waals surface area contributed by atoms with Gasteiger partial charge < -0.3 is 5.11 Å². The van der Waals surface area contributed by atoms with Crippen LogP contribution in [-0.2, 0) is 4.79 Å². The van der Waals surface area contributed by atoms with Gasteiger partial charge in [0.15, 0.2) is 0 Å². The molecule has 0 saturated carbocycles. The van der Waals surface area contributed by atoms with Crippen molar-refractivity contribution in [3.63, 3.8) is 0 Å². The molecule has 1 atom stereocenters. The fraction of sp³-hybridized carbons (Fsp3) is 0.632. The summed E-state index contributed by atoms with van der Waals surface area (Å²) in [6, 6.07) is 9.61. The van der Waals surface area contributed by atoms with Crippen LogP contribution in [0, 0.1) is 0 Å². The van der Waals surface area contributed by atoms with E-state index < -0.39 is 5.97 Å². The lowest BCUT2D eigenvalue weighted by Crippen LogP contribution is -2.11. The van der Waals surface area contributed by atoms with E-state index in [-0.39, 0.29) is 5.92 Å². The van der Waals surface area contributed by atoms with Crippen molar-refractivity contribution in [1.29, 1.82) is 0 Å². The molecule has 1 rings (SSSR count). The van der Waals surface area contributed by atoms with E-state index in [1.165, 1.54) is 44.9 Å². The number of rotatable bonds is 12. The quantitative estimate of drug-likeness (QED) is 0.496. The molecule has 1 unspecified atom stereocenters. The lowest BCUT2D eigenvalue weighted by molar-refractivity contribution is -0.139. The van der Waals surface area contributed by atoms with E-state index in [9.17, 15) is 9.90 Å². The minimum absolute atomic E-state index is 0.337. The van der Waals surface area contributed by atoms with Gasteiger partial charge in [-0.25, -0.2) is 0 Å². The molecular formula is C19H30O2. The van der Waals surface area contributed by atoms with Crippen molar-refractivity contribution in [2.45, 2.75) is 77.0 Å². The number of carbonyl (C=O) groups is 1. The number of unbranched alkanes of at least 4 members (excludes halogenated alkanes) is 8. The summed E-state index contributed by atoms with van der Waals surface area (Å²) < 4.78 is 0. The Morgan fingerprint density at radius 2 is 1.43 bits per heavy atom. The van der Waals surface area contributed by atoms with Crippen molar-refractivity contribution in [2.75, 3.05) is 0 Å². The monoisotopic (exact) mass is 290 g/mol. The smallest absolute Gasteiger partial charge is 0.310 e. The Labute approximate surface area is 129 Å². The SMILES string of the molecule is CCCCCCCCCCCC(C(=O)O)c1ccccc1. The summed E-state index contributed by atoms with van der Waals surface area (Å²) in [6.45, 7) is 2.24. The van der Waals surface area contributed by atoms with Crippen molar-refractivity contribution in [3.05, 3.63) is 35.9 Å². The zero-order valence-corrected chi connectivity index (χ0v) is 13.4. The van der Waals surface area contributed by atoms with Crippen molar-refractivity contribution >= 4 is 5.97 Å². The van der Waals surface area contributed by atoms with Crippen LogP contribution in [0.25, 0.3) is 0 Å². The maximum absolute atomic E-state index is 11.4. The normalized spacial score (nSPS) is 12.2. The van der Waals surface area contributed by atoms with Crippen molar-refractivity contribution < 1.29 is 9.90 Å². The lowest BCUT2D eigenvalue weighted by atomic mass is 9.93. The van der Waals surface area contributed by atoms with Crippen molar-refractivity contribution in [1.82, 2.24) is 0 Å². The molecule has 0 aliphatic rings. The molecule has 2 heteroatoms. The van der Waals surface area contributed by atoms with Gasteiger partial charge in [-0.3, -0.25) is 4.79 Å². The molecule has 0 aliphatic carbocycles. The lowest BCUT2D eigenvalue weighted by Gasteiger charge is -2.12. The zero-order valence-electron chi connectivity index (χ0n) is 13.4. The standard InChI is InChI=1S/C19H30O2/c1-2-3-4-5-6-7-8-9-13-16-18(19(20)21)17-14-11-10-12-15-17/h10-12,14-15,18H,2-9,13,16H2,1H3,(H,20,21). The highest BCUT2D eigenvalue weighted by Gasteiger charge is 2.18. The summed E-state index contributed by atoms with van der Waals surface area (Å²) in [4.78, 5) is 11.4. The van der Waals surface area contributed by atoms with Crippen molar-refractivity contribution in [2.24, 2.45) is 0 Å². The van der Waals surface area contributed by atoms with E-state index in [1.54, 1.807) is 0 Å². The van der Waals surface area contributed by atoms with Gasteiger partial charge in [-0.05, 0) is 12.0 Å². The third-order valence-corrected chi connectivity index (χ3v) is 4.10. The van der Waals surface area contributed by atoms with Gasteiger partial charge in [0, 0.05) is 0 Å². The van der Waals surface area contributed by atoms with E-state index >= 15 is 0 Å². The Hall–Kier alpha value is -1.31. The number of hydrogen-bond donors (Lipinski definition) is 1. The topological polar surface area (TPSA) is 37.3 Å². The first-order chi connectivity index (χ1) is 10.3. The largest absolute Gasteiger partial charge is 0.481 e. The molecule has 0 amide bonds. The van der Waals surface area contributed by atoms with Crippen LogP contribution in [0.15, 0.2) is 30.3 Å². The molecule has 0 heterocycles. The predicted molar refractivity (Wildman–Crippen MR) is 88.7 cm³/mol. The summed E-state index contributed by atoms with van der Waals surface area (Å²) in [7, 11) is 0. The zero-order chi connectivity index (χ0) is 15.3. The minimum atomic E-state index is -0.694. The van der Waals surface area contributed by atoms with Crippen LogP contribution in [0.4, 0.5) is 0 Å². The van der Waals surface area contributed by atoms with E-state index in [4.69, 9.17) is 0 Å². The van der Waals surface area contributed by atoms with E-state index in [2.05, 4.69) is 6.92 Å². The van der Waals surface area contributed by atoms with E-state index in [0.717, 1.165) is 24.8 Å². The first-order valence-corrected chi connectivity index (χ1v) is 8.53. The molecule has 0 fully saturated rings. The van der Waals surface area contributed by atoms with Gasteiger partial charge in [0.05, 0.1) is 5.92 Å². The first-order valence-electron chi connectivity index (χ1n) is 8.53. The van der Waals surface area contributed by atoms with Crippen LogP contribution >= 0.6 is 0 Å². The first kappa shape index (κ1) is 17.7. The van der Waals surface area contributed by atoms with Gasteiger partial charge >= 0.3 is 5.97 Å². The van der Waals surface area contributed by atoms with Crippen LogP contribution in [0.1, 0.15) is 82.6 Å². The van der Waals surface area contributed by atoms with Crippen molar-refractivity contribution in [3.8, 4) is 0 Å². The number of aliphatic carboxylic acids is 1. The van der Waals surface area contributed by atoms with Gasteiger partial charge in [-0.2, -0.15) is 0 Å². The molecule has 21 heavy (non-hydrogen) atoms. The third kappa shape index (κ3) is 7.89.